The minimum absolute atomic E-state index is 0.107. The van der Waals surface area contributed by atoms with Gasteiger partial charge in [0.15, 0.2) is 12.2 Å². The fourth-order valence-electron chi connectivity index (χ4n) is 12.2. The van der Waals surface area contributed by atoms with Gasteiger partial charge in [0.1, 0.15) is 19.3 Å². The van der Waals surface area contributed by atoms with E-state index in [1.807, 2.05) is 0 Å². The number of esters is 4. The van der Waals surface area contributed by atoms with Gasteiger partial charge < -0.3 is 33.8 Å². The van der Waals surface area contributed by atoms with Crippen LogP contribution in [-0.4, -0.2) is 96.7 Å². The molecule has 0 fully saturated rings. The van der Waals surface area contributed by atoms with Gasteiger partial charge in [-0.05, 0) is 31.6 Å². The number of carbonyl (C=O) groups excluding carboxylic acids is 4. The fourth-order valence-corrected chi connectivity index (χ4v) is 13.8. The van der Waals surface area contributed by atoms with Crippen LogP contribution in [0.3, 0.4) is 0 Å². The van der Waals surface area contributed by atoms with E-state index >= 15 is 0 Å². The van der Waals surface area contributed by atoms with Gasteiger partial charge in [-0.1, -0.05) is 369 Å². The van der Waals surface area contributed by atoms with Gasteiger partial charge in [-0.15, -0.1) is 0 Å². The van der Waals surface area contributed by atoms with Gasteiger partial charge in [-0.2, -0.15) is 0 Å². The lowest BCUT2D eigenvalue weighted by atomic mass is 9.99. The molecule has 0 radical (unpaired) electrons. The van der Waals surface area contributed by atoms with Gasteiger partial charge in [-0.25, -0.2) is 9.13 Å². The van der Waals surface area contributed by atoms with Crippen molar-refractivity contribution in [3.05, 3.63) is 0 Å². The summed E-state index contributed by atoms with van der Waals surface area (Å²) in [6, 6.07) is 0. The van der Waals surface area contributed by atoms with E-state index in [0.717, 1.165) is 102 Å². The Balaban J connectivity index is 5.17. The minimum Gasteiger partial charge on any atom is -0.462 e. The highest BCUT2D eigenvalue weighted by Crippen LogP contribution is 2.45. The molecule has 0 amide bonds. The molecule has 0 aliphatic carbocycles. The number of hydrogen-bond donors (Lipinski definition) is 3. The zero-order valence-corrected chi connectivity index (χ0v) is 65.7. The summed E-state index contributed by atoms with van der Waals surface area (Å²) >= 11 is 0. The SMILES string of the molecule is CCCCCCCCCCCCCCCCCCCCCCCC(=O)O[C@H](COC(=O)CCCCCCCCCCCCCCCCC(C)CC)COP(=O)(O)OC[C@@H](O)COP(=O)(O)OC[C@@H](COC(=O)CCCCCCCCCC)OC(=O)CCCCCCCCCCCCC. The van der Waals surface area contributed by atoms with Gasteiger partial charge >= 0.3 is 39.5 Å². The van der Waals surface area contributed by atoms with Crippen molar-refractivity contribution < 1.29 is 80.2 Å². The quantitative estimate of drug-likeness (QED) is 0.0222. The highest BCUT2D eigenvalue weighted by Gasteiger charge is 2.30. The maximum absolute atomic E-state index is 13.1. The van der Waals surface area contributed by atoms with E-state index < -0.39 is 97.5 Å². The first-order chi connectivity index (χ1) is 47.6. The van der Waals surface area contributed by atoms with Crippen LogP contribution in [0.25, 0.3) is 0 Å². The van der Waals surface area contributed by atoms with Crippen LogP contribution in [0.2, 0.25) is 0 Å². The fraction of sp³-hybridized carbons (Fsp3) is 0.949. The monoisotopic (exact) mass is 1440 g/mol. The van der Waals surface area contributed by atoms with Crippen molar-refractivity contribution in [2.75, 3.05) is 39.6 Å². The largest absolute Gasteiger partial charge is 0.472 e. The van der Waals surface area contributed by atoms with Gasteiger partial charge in [-0.3, -0.25) is 37.3 Å². The van der Waals surface area contributed by atoms with E-state index in [1.54, 1.807) is 0 Å². The third-order valence-corrected chi connectivity index (χ3v) is 20.8. The number of ether oxygens (including phenoxy) is 4. The van der Waals surface area contributed by atoms with Crippen LogP contribution in [-0.2, 0) is 65.4 Å². The Bertz CT molecular complexity index is 1880. The standard InChI is InChI=1S/C79H154O17P2/c1-6-10-13-16-19-22-24-25-26-27-28-29-30-31-32-37-41-45-50-55-60-65-79(84)96-75(69-90-77(82)63-58-53-48-43-40-36-34-33-35-39-42-46-51-56-61-72(5)9-4)71-94-98(87,88)92-67-73(80)66-91-97(85,86)93-70-74(68-89-76(81)62-57-52-47-21-18-15-12-8-3)95-78(83)64-59-54-49-44-38-23-20-17-14-11-7-2/h72-75,80H,6-71H2,1-5H3,(H,85,86)(H,87,88)/t72?,73-,74+,75+/m0/s1. The number of phosphoric ester groups is 2. The van der Waals surface area contributed by atoms with Crippen LogP contribution >= 0.6 is 15.6 Å². The average Bonchev–Trinajstić information content (AvgIpc) is 1.14. The predicted octanol–water partition coefficient (Wildman–Crippen LogP) is 23.6. The summed E-state index contributed by atoms with van der Waals surface area (Å²) in [6.07, 6.45) is 62.5. The summed E-state index contributed by atoms with van der Waals surface area (Å²) in [5.74, 6) is -1.26. The molecule has 0 rings (SSSR count). The Hall–Kier alpha value is -1.94. The highest BCUT2D eigenvalue weighted by molar-refractivity contribution is 7.47. The maximum atomic E-state index is 13.1. The maximum Gasteiger partial charge on any atom is 0.472 e. The summed E-state index contributed by atoms with van der Waals surface area (Å²) in [7, 11) is -9.91. The summed E-state index contributed by atoms with van der Waals surface area (Å²) < 4.78 is 68.5. The van der Waals surface area contributed by atoms with Crippen molar-refractivity contribution in [2.45, 2.75) is 438 Å². The highest BCUT2D eigenvalue weighted by atomic mass is 31.2. The number of aliphatic hydroxyl groups excluding tert-OH is 1. The van der Waals surface area contributed by atoms with Gasteiger partial charge in [0.05, 0.1) is 26.4 Å². The second-order valence-corrected chi connectivity index (χ2v) is 31.6. The second kappa shape index (κ2) is 72.0. The summed E-state index contributed by atoms with van der Waals surface area (Å²) in [6.45, 7) is 7.33. The van der Waals surface area contributed by atoms with E-state index in [2.05, 4.69) is 34.6 Å². The summed E-state index contributed by atoms with van der Waals surface area (Å²) in [5.41, 5.74) is 0. The molecular weight excluding hydrogens is 1280 g/mol. The Morgan fingerprint density at radius 3 is 0.724 bits per heavy atom. The van der Waals surface area contributed by atoms with Crippen LogP contribution < -0.4 is 0 Å². The van der Waals surface area contributed by atoms with Gasteiger partial charge in [0.2, 0.25) is 0 Å². The lowest BCUT2D eigenvalue weighted by Crippen LogP contribution is -2.30. The molecular formula is C79H154O17P2. The molecule has 3 unspecified atom stereocenters. The molecule has 0 saturated carbocycles. The Labute approximate surface area is 600 Å². The molecule has 0 saturated heterocycles. The first-order valence-electron chi connectivity index (χ1n) is 41.2. The lowest BCUT2D eigenvalue weighted by Gasteiger charge is -2.21. The number of carbonyl (C=O) groups is 4. The van der Waals surface area contributed by atoms with E-state index in [1.165, 1.54) is 238 Å². The second-order valence-electron chi connectivity index (χ2n) is 28.7. The molecule has 0 heterocycles. The molecule has 0 bridgehead atoms. The van der Waals surface area contributed by atoms with E-state index in [9.17, 15) is 43.2 Å². The molecule has 0 aliphatic rings. The molecule has 17 nitrogen and oxygen atoms in total. The topological polar surface area (TPSA) is 237 Å². The number of rotatable bonds is 79. The first kappa shape index (κ1) is 96.1. The van der Waals surface area contributed by atoms with Crippen LogP contribution in [0.15, 0.2) is 0 Å². The molecule has 6 atom stereocenters. The summed E-state index contributed by atoms with van der Waals surface area (Å²) in [4.78, 5) is 72.8. The zero-order valence-electron chi connectivity index (χ0n) is 63.9. The molecule has 0 aliphatic heterocycles. The van der Waals surface area contributed by atoms with Crippen molar-refractivity contribution in [1.29, 1.82) is 0 Å². The third-order valence-electron chi connectivity index (χ3n) is 18.9. The van der Waals surface area contributed by atoms with Crippen molar-refractivity contribution in [1.82, 2.24) is 0 Å². The number of hydrogen-bond acceptors (Lipinski definition) is 15. The van der Waals surface area contributed by atoms with Crippen molar-refractivity contribution in [2.24, 2.45) is 5.92 Å². The molecule has 98 heavy (non-hydrogen) atoms. The molecule has 582 valence electrons. The van der Waals surface area contributed by atoms with E-state index in [0.29, 0.717) is 25.7 Å². The van der Waals surface area contributed by atoms with Crippen LogP contribution in [0, 0.1) is 5.92 Å². The Kier molecular flexibility index (Phi) is 70.6. The molecule has 0 aromatic rings. The smallest absolute Gasteiger partial charge is 0.462 e. The zero-order chi connectivity index (χ0) is 71.9. The van der Waals surface area contributed by atoms with Crippen molar-refractivity contribution in [3.63, 3.8) is 0 Å². The average molecular weight is 1440 g/mol. The van der Waals surface area contributed by atoms with Crippen molar-refractivity contribution in [3.8, 4) is 0 Å². The molecule has 0 spiro atoms. The van der Waals surface area contributed by atoms with Crippen LogP contribution in [0.4, 0.5) is 0 Å². The van der Waals surface area contributed by atoms with Crippen LogP contribution in [0.1, 0.15) is 420 Å². The lowest BCUT2D eigenvalue weighted by molar-refractivity contribution is -0.161. The predicted molar refractivity (Wildman–Crippen MR) is 400 cm³/mol. The van der Waals surface area contributed by atoms with Gasteiger partial charge in [0.25, 0.3) is 0 Å². The number of aliphatic hydroxyl groups is 1. The van der Waals surface area contributed by atoms with E-state index in [4.69, 9.17) is 37.0 Å². The number of phosphoric acid groups is 2. The Morgan fingerprint density at radius 2 is 0.490 bits per heavy atom. The first-order valence-corrected chi connectivity index (χ1v) is 44.2. The Morgan fingerprint density at radius 1 is 0.286 bits per heavy atom. The number of unbranched alkanes of at least 4 members (excludes halogenated alkanes) is 50. The molecule has 19 heteroatoms. The van der Waals surface area contributed by atoms with Crippen LogP contribution in [0.5, 0.6) is 0 Å². The summed E-state index contributed by atoms with van der Waals surface area (Å²) in [5, 5.41) is 10.6. The normalized spacial score (nSPS) is 14.2. The molecule has 0 aromatic carbocycles. The molecule has 0 aromatic heterocycles. The van der Waals surface area contributed by atoms with Gasteiger partial charge in [0, 0.05) is 25.7 Å². The van der Waals surface area contributed by atoms with Crippen molar-refractivity contribution >= 4 is 39.5 Å². The minimum atomic E-state index is -4.96. The van der Waals surface area contributed by atoms with E-state index in [-0.39, 0.29) is 25.7 Å². The molecule has 3 N–H and O–H groups in total. The third kappa shape index (κ3) is 71.1.